The molecule has 0 bridgehead atoms. The summed E-state index contributed by atoms with van der Waals surface area (Å²) in [6.07, 6.45) is 1.97. The van der Waals surface area contributed by atoms with Crippen LogP contribution in [0.1, 0.15) is 23.2 Å². The van der Waals surface area contributed by atoms with Crippen LogP contribution < -0.4 is 14.8 Å². The molecule has 8 heteroatoms. The summed E-state index contributed by atoms with van der Waals surface area (Å²) in [5.74, 6) is 1.39. The molecule has 146 valence electrons. The molecule has 0 unspecified atom stereocenters. The van der Waals surface area contributed by atoms with E-state index in [-0.39, 0.29) is 24.6 Å². The molecule has 1 aromatic carbocycles. The molecule has 0 aromatic heterocycles. The fourth-order valence-electron chi connectivity index (χ4n) is 3.74. The van der Waals surface area contributed by atoms with Crippen molar-refractivity contribution in [2.75, 3.05) is 52.7 Å². The molecule has 0 spiro atoms. The van der Waals surface area contributed by atoms with Crippen LogP contribution in [0.2, 0.25) is 0 Å². The van der Waals surface area contributed by atoms with E-state index in [1.807, 2.05) is 9.80 Å². The maximum Gasteiger partial charge on any atom is 0.320 e. The molecule has 2 saturated heterocycles. The number of carbonyl (C=O) groups is 2. The number of ether oxygens (including phenoxy) is 3. The summed E-state index contributed by atoms with van der Waals surface area (Å²) < 4.78 is 15.9. The fourth-order valence-corrected chi connectivity index (χ4v) is 3.74. The standard InChI is InChI=1S/C19H25N3O5/c23-18(15-3-4-16-17(10-15)27-13-26-16)20-11-14-2-1-5-22(12-14)19(24)21-6-8-25-9-7-21/h3-4,10,14H,1-2,5-9,11-13H2,(H,20,23)/t14-/m1/s1. The Balaban J connectivity index is 1.29. The second-order valence-electron chi connectivity index (χ2n) is 7.11. The third-order valence-electron chi connectivity index (χ3n) is 5.26. The Hall–Kier alpha value is -2.48. The van der Waals surface area contributed by atoms with Gasteiger partial charge in [-0.15, -0.1) is 0 Å². The van der Waals surface area contributed by atoms with E-state index < -0.39 is 0 Å². The molecule has 3 heterocycles. The van der Waals surface area contributed by atoms with Crippen LogP contribution in [-0.2, 0) is 4.74 Å². The minimum atomic E-state index is -0.134. The molecule has 1 N–H and O–H groups in total. The highest BCUT2D eigenvalue weighted by Gasteiger charge is 2.28. The molecule has 3 aliphatic heterocycles. The lowest BCUT2D eigenvalue weighted by Gasteiger charge is -2.37. The van der Waals surface area contributed by atoms with E-state index in [0.29, 0.717) is 56.5 Å². The smallest absolute Gasteiger partial charge is 0.320 e. The Morgan fingerprint density at radius 3 is 2.74 bits per heavy atom. The molecule has 0 radical (unpaired) electrons. The van der Waals surface area contributed by atoms with Crippen molar-refractivity contribution in [3.05, 3.63) is 23.8 Å². The van der Waals surface area contributed by atoms with Gasteiger partial charge in [0.05, 0.1) is 13.2 Å². The van der Waals surface area contributed by atoms with E-state index in [1.54, 1.807) is 18.2 Å². The van der Waals surface area contributed by atoms with Crippen LogP contribution in [0.25, 0.3) is 0 Å². The highest BCUT2D eigenvalue weighted by Crippen LogP contribution is 2.32. The van der Waals surface area contributed by atoms with Crippen LogP contribution in [0.15, 0.2) is 18.2 Å². The normalized spacial score (nSPS) is 21.9. The number of fused-ring (bicyclic) bond motifs is 1. The average Bonchev–Trinajstić information content (AvgIpc) is 3.20. The zero-order valence-corrected chi connectivity index (χ0v) is 15.3. The SMILES string of the molecule is O=C(NC[C@H]1CCCN(C(=O)N2CCOCC2)C1)c1ccc2c(c1)OCO2. The molecule has 27 heavy (non-hydrogen) atoms. The monoisotopic (exact) mass is 375 g/mol. The number of morpholine rings is 1. The minimum absolute atomic E-state index is 0.0881. The largest absolute Gasteiger partial charge is 0.454 e. The summed E-state index contributed by atoms with van der Waals surface area (Å²) in [6.45, 7) is 4.72. The Morgan fingerprint density at radius 2 is 1.89 bits per heavy atom. The first kappa shape index (κ1) is 17.9. The number of amides is 3. The van der Waals surface area contributed by atoms with E-state index >= 15 is 0 Å². The van der Waals surface area contributed by atoms with Gasteiger partial charge in [0.25, 0.3) is 5.91 Å². The number of likely N-dealkylation sites (tertiary alicyclic amines) is 1. The number of hydrogen-bond acceptors (Lipinski definition) is 5. The van der Waals surface area contributed by atoms with E-state index in [2.05, 4.69) is 5.32 Å². The average molecular weight is 375 g/mol. The van der Waals surface area contributed by atoms with Crippen LogP contribution in [0.3, 0.4) is 0 Å². The van der Waals surface area contributed by atoms with E-state index in [9.17, 15) is 9.59 Å². The number of benzene rings is 1. The van der Waals surface area contributed by atoms with E-state index in [4.69, 9.17) is 14.2 Å². The van der Waals surface area contributed by atoms with Crippen molar-refractivity contribution in [2.45, 2.75) is 12.8 Å². The summed E-state index contributed by atoms with van der Waals surface area (Å²) in [5, 5.41) is 2.99. The highest BCUT2D eigenvalue weighted by molar-refractivity contribution is 5.94. The second-order valence-corrected chi connectivity index (χ2v) is 7.11. The lowest BCUT2D eigenvalue weighted by atomic mass is 9.98. The quantitative estimate of drug-likeness (QED) is 0.862. The minimum Gasteiger partial charge on any atom is -0.454 e. The number of nitrogens with one attached hydrogen (secondary N) is 1. The molecule has 4 rings (SSSR count). The van der Waals surface area contributed by atoms with Crippen molar-refractivity contribution >= 4 is 11.9 Å². The number of piperidine rings is 1. The first-order valence-electron chi connectivity index (χ1n) is 9.50. The van der Waals surface area contributed by atoms with Gasteiger partial charge in [-0.3, -0.25) is 4.79 Å². The molecule has 8 nitrogen and oxygen atoms in total. The van der Waals surface area contributed by atoms with Gasteiger partial charge in [-0.05, 0) is 37.0 Å². The van der Waals surface area contributed by atoms with Gasteiger partial charge in [0.15, 0.2) is 11.5 Å². The second kappa shape index (κ2) is 8.04. The lowest BCUT2D eigenvalue weighted by Crippen LogP contribution is -2.52. The summed E-state index contributed by atoms with van der Waals surface area (Å²) >= 11 is 0. The maximum atomic E-state index is 12.6. The third kappa shape index (κ3) is 4.10. The molecular formula is C19H25N3O5. The highest BCUT2D eigenvalue weighted by atomic mass is 16.7. The predicted molar refractivity (Wildman–Crippen MR) is 97.0 cm³/mol. The van der Waals surface area contributed by atoms with E-state index in [0.717, 1.165) is 19.4 Å². The van der Waals surface area contributed by atoms with Crippen molar-refractivity contribution in [2.24, 2.45) is 5.92 Å². The number of rotatable bonds is 3. The zero-order chi connectivity index (χ0) is 18.6. The van der Waals surface area contributed by atoms with Gasteiger partial charge in [-0.25, -0.2) is 4.79 Å². The molecular weight excluding hydrogens is 350 g/mol. The van der Waals surface area contributed by atoms with Crippen LogP contribution in [0, 0.1) is 5.92 Å². The molecule has 0 aliphatic carbocycles. The first-order chi connectivity index (χ1) is 13.2. The van der Waals surface area contributed by atoms with Crippen molar-refractivity contribution in [3.8, 4) is 11.5 Å². The van der Waals surface area contributed by atoms with E-state index in [1.165, 1.54) is 0 Å². The number of carbonyl (C=O) groups excluding carboxylic acids is 2. The summed E-state index contributed by atoms with van der Waals surface area (Å²) in [4.78, 5) is 28.9. The fraction of sp³-hybridized carbons (Fsp3) is 0.579. The Kier molecular flexibility index (Phi) is 5.33. The zero-order valence-electron chi connectivity index (χ0n) is 15.3. The lowest BCUT2D eigenvalue weighted by molar-refractivity contribution is 0.0391. The van der Waals surface area contributed by atoms with Crippen LogP contribution in [0.4, 0.5) is 4.79 Å². The van der Waals surface area contributed by atoms with Crippen molar-refractivity contribution in [1.29, 1.82) is 0 Å². The molecule has 1 atom stereocenters. The summed E-state index contributed by atoms with van der Waals surface area (Å²) in [7, 11) is 0. The Labute approximate surface area is 158 Å². The molecule has 1 aromatic rings. The van der Waals surface area contributed by atoms with Gasteiger partial charge in [0.1, 0.15) is 0 Å². The van der Waals surface area contributed by atoms with Crippen LogP contribution in [-0.4, -0.2) is 74.5 Å². The van der Waals surface area contributed by atoms with Gasteiger partial charge in [-0.1, -0.05) is 0 Å². The summed E-state index contributed by atoms with van der Waals surface area (Å²) in [5.41, 5.74) is 0.552. The number of hydrogen-bond donors (Lipinski definition) is 1. The van der Waals surface area contributed by atoms with Gasteiger partial charge in [0.2, 0.25) is 6.79 Å². The Morgan fingerprint density at radius 1 is 1.07 bits per heavy atom. The predicted octanol–water partition coefficient (Wildman–Crippen LogP) is 1.31. The van der Waals surface area contributed by atoms with Crippen LogP contribution >= 0.6 is 0 Å². The first-order valence-corrected chi connectivity index (χ1v) is 9.50. The maximum absolute atomic E-state index is 12.6. The van der Waals surface area contributed by atoms with Gasteiger partial charge < -0.3 is 29.3 Å². The number of urea groups is 1. The molecule has 2 fully saturated rings. The van der Waals surface area contributed by atoms with Gasteiger partial charge >= 0.3 is 6.03 Å². The van der Waals surface area contributed by atoms with Crippen molar-refractivity contribution in [3.63, 3.8) is 0 Å². The van der Waals surface area contributed by atoms with Gasteiger partial charge in [-0.2, -0.15) is 0 Å². The van der Waals surface area contributed by atoms with Crippen LogP contribution in [0.5, 0.6) is 11.5 Å². The molecule has 0 saturated carbocycles. The summed E-state index contributed by atoms with van der Waals surface area (Å²) in [6, 6.07) is 5.27. The van der Waals surface area contributed by atoms with Crippen molar-refractivity contribution < 1.29 is 23.8 Å². The van der Waals surface area contributed by atoms with Gasteiger partial charge in [0, 0.05) is 38.3 Å². The Bertz CT molecular complexity index is 705. The number of nitrogens with zero attached hydrogens (tertiary/aromatic N) is 2. The molecule has 3 aliphatic rings. The third-order valence-corrected chi connectivity index (χ3v) is 5.26. The van der Waals surface area contributed by atoms with Crippen molar-refractivity contribution in [1.82, 2.24) is 15.1 Å². The molecule has 3 amide bonds. The topological polar surface area (TPSA) is 80.3 Å².